The van der Waals surface area contributed by atoms with E-state index in [1.165, 1.54) is 6.07 Å². The summed E-state index contributed by atoms with van der Waals surface area (Å²) in [5.74, 6) is -0.894. The molecule has 0 spiro atoms. The Hall–Kier alpha value is -3.07. The number of Topliss-reactive ketones (excluding diaryl/α,β-unsaturated/α-hetero) is 1. The van der Waals surface area contributed by atoms with Crippen LogP contribution in [0.25, 0.3) is 10.8 Å². The van der Waals surface area contributed by atoms with Gasteiger partial charge in [-0.05, 0) is 46.9 Å². The van der Waals surface area contributed by atoms with E-state index in [1.54, 1.807) is 12.1 Å². The number of ketones is 1. The molecule has 1 saturated heterocycles. The average molecular weight is 480 g/mol. The van der Waals surface area contributed by atoms with E-state index >= 15 is 0 Å². The van der Waals surface area contributed by atoms with Gasteiger partial charge in [-0.25, -0.2) is 13.1 Å². The van der Waals surface area contributed by atoms with Gasteiger partial charge in [0.15, 0.2) is 5.78 Å². The van der Waals surface area contributed by atoms with Crippen molar-refractivity contribution in [3.63, 3.8) is 0 Å². The number of fused-ring (bicyclic) bond motifs is 1. The number of benzene rings is 3. The van der Waals surface area contributed by atoms with E-state index in [0.29, 0.717) is 32.5 Å². The molecule has 1 unspecified atom stereocenters. The van der Waals surface area contributed by atoms with Crippen LogP contribution in [0.4, 0.5) is 0 Å². The summed E-state index contributed by atoms with van der Waals surface area (Å²) < 4.78 is 28.3. The maximum Gasteiger partial charge on any atom is 0.264 e. The fourth-order valence-corrected chi connectivity index (χ4v) is 5.41. The predicted octanol–water partition coefficient (Wildman–Crippen LogP) is 2.78. The molecule has 1 fully saturated rings. The molecule has 0 bridgehead atoms. The van der Waals surface area contributed by atoms with Crippen LogP contribution in [-0.4, -0.2) is 45.8 Å². The van der Waals surface area contributed by atoms with Gasteiger partial charge < -0.3 is 10.6 Å². The van der Waals surface area contributed by atoms with E-state index in [1.807, 2.05) is 37.3 Å². The number of rotatable bonds is 8. The minimum absolute atomic E-state index is 0.121. The van der Waals surface area contributed by atoms with Crippen molar-refractivity contribution in [2.24, 2.45) is 0 Å². The highest BCUT2D eigenvalue weighted by molar-refractivity contribution is 7.90. The summed E-state index contributed by atoms with van der Waals surface area (Å²) >= 11 is 0. The Morgan fingerprint density at radius 3 is 2.44 bits per heavy atom. The van der Waals surface area contributed by atoms with Crippen LogP contribution < -0.4 is 15.4 Å². The van der Waals surface area contributed by atoms with E-state index in [0.717, 1.165) is 21.9 Å². The number of amides is 1. The van der Waals surface area contributed by atoms with Crippen LogP contribution in [0.15, 0.2) is 65.6 Å². The summed E-state index contributed by atoms with van der Waals surface area (Å²) in [5, 5.41) is 8.31. The lowest BCUT2D eigenvalue weighted by Crippen LogP contribution is -2.56. The molecule has 1 amide bonds. The van der Waals surface area contributed by atoms with Crippen LogP contribution in [0.2, 0.25) is 0 Å². The molecule has 0 saturated carbocycles. The average Bonchev–Trinajstić information content (AvgIpc) is 2.84. The molecule has 4 rings (SSSR count). The van der Waals surface area contributed by atoms with Gasteiger partial charge in [-0.2, -0.15) is 0 Å². The van der Waals surface area contributed by atoms with Gasteiger partial charge in [-0.1, -0.05) is 55.5 Å². The third-order valence-electron chi connectivity index (χ3n) is 5.93. The van der Waals surface area contributed by atoms with Crippen molar-refractivity contribution in [1.82, 2.24) is 15.4 Å². The topological polar surface area (TPSA) is 104 Å². The van der Waals surface area contributed by atoms with Crippen molar-refractivity contribution in [3.8, 4) is 0 Å². The van der Waals surface area contributed by atoms with E-state index < -0.39 is 22.0 Å². The van der Waals surface area contributed by atoms with Crippen LogP contribution >= 0.6 is 0 Å². The first-order valence-electron chi connectivity index (χ1n) is 11.5. The van der Waals surface area contributed by atoms with E-state index in [2.05, 4.69) is 27.5 Å². The van der Waals surface area contributed by atoms with Crippen molar-refractivity contribution in [2.45, 2.75) is 37.1 Å². The predicted molar refractivity (Wildman–Crippen MR) is 132 cm³/mol. The molecule has 1 aliphatic rings. The molecule has 8 heteroatoms. The minimum Gasteiger partial charge on any atom is -0.313 e. The molecule has 1 aliphatic heterocycles. The Bertz CT molecular complexity index is 1310. The summed E-state index contributed by atoms with van der Waals surface area (Å²) in [6, 6.07) is 18.4. The van der Waals surface area contributed by atoms with Crippen molar-refractivity contribution in [3.05, 3.63) is 77.4 Å². The first kappa shape index (κ1) is 24.1. The Balaban J connectivity index is 1.62. The Morgan fingerprint density at radius 1 is 0.971 bits per heavy atom. The zero-order valence-corrected chi connectivity index (χ0v) is 20.0. The summed E-state index contributed by atoms with van der Waals surface area (Å²) in [4.78, 5) is 25.2. The fourth-order valence-electron chi connectivity index (χ4n) is 4.18. The van der Waals surface area contributed by atoms with Gasteiger partial charge in [0, 0.05) is 31.6 Å². The maximum absolute atomic E-state index is 13.1. The zero-order chi connectivity index (χ0) is 24.1. The number of nitrogens with one attached hydrogen (secondary N) is 3. The second kappa shape index (κ2) is 10.5. The lowest BCUT2D eigenvalue weighted by atomic mass is 9.98. The number of carbonyl (C=O) groups is 2. The molecule has 178 valence electrons. The standard InChI is InChI=1S/C26H29N3O4S/c1-2-5-24(30)22-16-19(14-18-8-10-20-6-3-4-7-21(20)15-18)9-11-25(22)34(32,33)29-26(31)23-17-27-12-13-28-23/h3-4,6-11,15-16,23,27-28H,2,5,12-14,17H2,1H3,(H,29,31). The Kier molecular flexibility index (Phi) is 7.41. The molecular formula is C26H29N3O4S. The van der Waals surface area contributed by atoms with E-state index in [9.17, 15) is 18.0 Å². The third kappa shape index (κ3) is 5.52. The molecule has 34 heavy (non-hydrogen) atoms. The summed E-state index contributed by atoms with van der Waals surface area (Å²) in [6.45, 7) is 3.49. The Morgan fingerprint density at radius 2 is 1.71 bits per heavy atom. The number of hydrogen-bond acceptors (Lipinski definition) is 6. The van der Waals surface area contributed by atoms with Gasteiger partial charge in [0.2, 0.25) is 0 Å². The van der Waals surface area contributed by atoms with Crippen molar-refractivity contribution in [1.29, 1.82) is 0 Å². The van der Waals surface area contributed by atoms with Crippen molar-refractivity contribution in [2.75, 3.05) is 19.6 Å². The van der Waals surface area contributed by atoms with E-state index in [4.69, 9.17) is 0 Å². The molecule has 1 heterocycles. The molecule has 3 aromatic carbocycles. The van der Waals surface area contributed by atoms with Gasteiger partial charge >= 0.3 is 0 Å². The second-order valence-electron chi connectivity index (χ2n) is 8.54. The molecule has 3 N–H and O–H groups in total. The molecule has 3 aromatic rings. The lowest BCUT2D eigenvalue weighted by Gasteiger charge is -2.23. The minimum atomic E-state index is -4.21. The summed E-state index contributed by atoms with van der Waals surface area (Å²) in [6.07, 6.45) is 1.38. The monoisotopic (exact) mass is 479 g/mol. The van der Waals surface area contributed by atoms with Gasteiger partial charge in [0.05, 0.1) is 4.90 Å². The zero-order valence-electron chi connectivity index (χ0n) is 19.1. The number of sulfonamides is 1. The Labute approximate surface area is 200 Å². The number of piperazine rings is 1. The molecule has 7 nitrogen and oxygen atoms in total. The molecule has 0 aliphatic carbocycles. The fraction of sp³-hybridized carbons (Fsp3) is 0.308. The quantitative estimate of drug-likeness (QED) is 0.429. The van der Waals surface area contributed by atoms with E-state index in [-0.39, 0.29) is 22.7 Å². The maximum atomic E-state index is 13.1. The first-order chi connectivity index (χ1) is 16.4. The molecule has 1 atom stereocenters. The largest absolute Gasteiger partial charge is 0.313 e. The van der Waals surface area contributed by atoms with Crippen LogP contribution in [0.3, 0.4) is 0 Å². The van der Waals surface area contributed by atoms with Crippen LogP contribution in [0.5, 0.6) is 0 Å². The number of carbonyl (C=O) groups excluding carboxylic acids is 2. The van der Waals surface area contributed by atoms with Crippen LogP contribution in [0, 0.1) is 0 Å². The normalized spacial score (nSPS) is 16.3. The summed E-state index contributed by atoms with van der Waals surface area (Å²) in [5.41, 5.74) is 2.01. The van der Waals surface area contributed by atoms with Gasteiger partial charge in [-0.15, -0.1) is 0 Å². The van der Waals surface area contributed by atoms with Gasteiger partial charge in [0.25, 0.3) is 15.9 Å². The molecule has 0 radical (unpaired) electrons. The molecular weight excluding hydrogens is 450 g/mol. The van der Waals surface area contributed by atoms with Crippen LogP contribution in [-0.2, 0) is 21.2 Å². The SMILES string of the molecule is CCCC(=O)c1cc(Cc2ccc3ccccc3c2)ccc1S(=O)(=O)NC(=O)C1CNCCN1. The van der Waals surface area contributed by atoms with Crippen molar-refractivity contribution >= 4 is 32.5 Å². The highest BCUT2D eigenvalue weighted by atomic mass is 32.2. The van der Waals surface area contributed by atoms with Crippen LogP contribution in [0.1, 0.15) is 41.3 Å². The van der Waals surface area contributed by atoms with Gasteiger partial charge in [0.1, 0.15) is 6.04 Å². The molecule has 0 aromatic heterocycles. The first-order valence-corrected chi connectivity index (χ1v) is 13.0. The highest BCUT2D eigenvalue weighted by Gasteiger charge is 2.28. The van der Waals surface area contributed by atoms with Gasteiger partial charge in [-0.3, -0.25) is 9.59 Å². The number of hydrogen-bond donors (Lipinski definition) is 3. The highest BCUT2D eigenvalue weighted by Crippen LogP contribution is 2.23. The lowest BCUT2D eigenvalue weighted by molar-refractivity contribution is -0.121. The summed E-state index contributed by atoms with van der Waals surface area (Å²) in [7, 11) is -4.21. The van der Waals surface area contributed by atoms with Crippen molar-refractivity contribution < 1.29 is 18.0 Å². The second-order valence-corrected chi connectivity index (χ2v) is 10.2. The smallest absolute Gasteiger partial charge is 0.264 e. The third-order valence-corrected chi connectivity index (χ3v) is 7.33.